The van der Waals surface area contributed by atoms with Crippen LogP contribution in [0.15, 0.2) is 30.3 Å². The zero-order valence-electron chi connectivity index (χ0n) is 15.3. The lowest BCUT2D eigenvalue weighted by atomic mass is 10.1. The van der Waals surface area contributed by atoms with E-state index in [1.54, 1.807) is 0 Å². The molecule has 0 aromatic heterocycles. The highest BCUT2D eigenvalue weighted by molar-refractivity contribution is 6.23. The number of nitrogens with one attached hydrogen (secondary N) is 1. The maximum absolute atomic E-state index is 13.6. The number of carbonyl (C=O) groups excluding carboxylic acids is 3. The van der Waals surface area contributed by atoms with Crippen LogP contribution in [0.5, 0.6) is 0 Å². The van der Waals surface area contributed by atoms with E-state index in [0.29, 0.717) is 6.07 Å². The van der Waals surface area contributed by atoms with Gasteiger partial charge in [-0.25, -0.2) is 13.2 Å². The Bertz CT molecular complexity index is 1090. The minimum Gasteiger partial charge on any atom is -0.322 e. The summed E-state index contributed by atoms with van der Waals surface area (Å²) in [4.78, 5) is 49.3. The second-order valence-electron chi connectivity index (χ2n) is 6.42. The van der Waals surface area contributed by atoms with Gasteiger partial charge in [0.15, 0.2) is 17.5 Å². The Kier molecular flexibility index (Phi) is 5.52. The molecule has 0 spiro atoms. The minimum atomic E-state index is -1.74. The van der Waals surface area contributed by atoms with Crippen molar-refractivity contribution in [3.8, 4) is 0 Å². The minimum absolute atomic E-state index is 0.129. The highest BCUT2D eigenvalue weighted by Gasteiger charge is 2.41. The molecule has 9 nitrogen and oxygen atoms in total. The quantitative estimate of drug-likeness (QED) is 0.330. The van der Waals surface area contributed by atoms with E-state index in [2.05, 4.69) is 5.32 Å². The number of likely N-dealkylation sites (N-methyl/N-ethyl adjacent to an activating group) is 1. The summed E-state index contributed by atoms with van der Waals surface area (Å²) < 4.78 is 39.8. The average molecular weight is 422 g/mol. The zero-order valence-corrected chi connectivity index (χ0v) is 15.3. The van der Waals surface area contributed by atoms with Crippen LogP contribution in [0.25, 0.3) is 0 Å². The molecule has 12 heteroatoms. The number of amides is 3. The molecule has 1 N–H and O–H groups in total. The second kappa shape index (κ2) is 7.91. The molecule has 0 saturated carbocycles. The SMILES string of the molecule is CN(CC(=O)Nc1ccc(F)c(F)c1F)CN1C(=O)c2cccc([N+](=O)[O-])c2C1=O. The molecular formula is C18H13F3N4O5. The van der Waals surface area contributed by atoms with Gasteiger partial charge >= 0.3 is 0 Å². The van der Waals surface area contributed by atoms with Crippen molar-refractivity contribution in [1.82, 2.24) is 9.80 Å². The molecule has 30 heavy (non-hydrogen) atoms. The van der Waals surface area contributed by atoms with Crippen LogP contribution in [-0.4, -0.2) is 52.7 Å². The number of halogens is 3. The average Bonchev–Trinajstić information content (AvgIpc) is 2.93. The number of imide groups is 1. The van der Waals surface area contributed by atoms with Gasteiger partial charge in [0.25, 0.3) is 17.5 Å². The van der Waals surface area contributed by atoms with Gasteiger partial charge in [0.05, 0.1) is 29.4 Å². The first-order valence-electron chi connectivity index (χ1n) is 8.37. The predicted molar refractivity (Wildman–Crippen MR) is 96.0 cm³/mol. The lowest BCUT2D eigenvalue weighted by molar-refractivity contribution is -0.385. The molecule has 2 aromatic rings. The zero-order chi connectivity index (χ0) is 22.2. The number of anilines is 1. The Labute approximate surface area is 166 Å². The van der Waals surface area contributed by atoms with Crippen molar-refractivity contribution < 1.29 is 32.5 Å². The molecule has 0 saturated heterocycles. The van der Waals surface area contributed by atoms with Crippen LogP contribution in [0.2, 0.25) is 0 Å². The fourth-order valence-corrected chi connectivity index (χ4v) is 2.95. The van der Waals surface area contributed by atoms with Crippen molar-refractivity contribution >= 4 is 29.1 Å². The van der Waals surface area contributed by atoms with Gasteiger partial charge in [0, 0.05) is 6.07 Å². The van der Waals surface area contributed by atoms with Crippen LogP contribution in [0.3, 0.4) is 0 Å². The lowest BCUT2D eigenvalue weighted by Gasteiger charge is -2.22. The maximum Gasteiger partial charge on any atom is 0.282 e. The van der Waals surface area contributed by atoms with Gasteiger partial charge in [0.2, 0.25) is 5.91 Å². The second-order valence-corrected chi connectivity index (χ2v) is 6.42. The predicted octanol–water partition coefficient (Wildman–Crippen LogP) is 2.14. The molecule has 3 rings (SSSR count). The van der Waals surface area contributed by atoms with E-state index < -0.39 is 64.7 Å². The first-order valence-corrected chi connectivity index (χ1v) is 8.37. The summed E-state index contributed by atoms with van der Waals surface area (Å²) in [6, 6.07) is 5.14. The van der Waals surface area contributed by atoms with Crippen LogP contribution in [-0.2, 0) is 4.79 Å². The number of rotatable bonds is 6. The largest absolute Gasteiger partial charge is 0.322 e. The van der Waals surface area contributed by atoms with Gasteiger partial charge in [-0.1, -0.05) is 6.07 Å². The van der Waals surface area contributed by atoms with E-state index in [0.717, 1.165) is 17.0 Å². The number of benzene rings is 2. The summed E-state index contributed by atoms with van der Waals surface area (Å²) in [5.74, 6) is -7.21. The summed E-state index contributed by atoms with van der Waals surface area (Å²) in [7, 11) is 1.36. The molecule has 0 bridgehead atoms. The smallest absolute Gasteiger partial charge is 0.282 e. The molecule has 3 amide bonds. The fraction of sp³-hybridized carbons (Fsp3) is 0.167. The molecule has 1 heterocycles. The first-order chi connectivity index (χ1) is 14.1. The topological polar surface area (TPSA) is 113 Å². The third-order valence-electron chi connectivity index (χ3n) is 4.28. The van der Waals surface area contributed by atoms with Crippen molar-refractivity contribution in [2.75, 3.05) is 25.6 Å². The van der Waals surface area contributed by atoms with Crippen LogP contribution in [0.4, 0.5) is 24.5 Å². The van der Waals surface area contributed by atoms with E-state index in [1.165, 1.54) is 24.1 Å². The normalized spacial score (nSPS) is 13.0. The summed E-state index contributed by atoms with van der Waals surface area (Å²) >= 11 is 0. The lowest BCUT2D eigenvalue weighted by Crippen LogP contribution is -2.42. The van der Waals surface area contributed by atoms with Gasteiger partial charge in [-0.2, -0.15) is 0 Å². The van der Waals surface area contributed by atoms with Gasteiger partial charge in [-0.05, 0) is 25.2 Å². The molecule has 156 valence electrons. The third kappa shape index (κ3) is 3.72. The Morgan fingerprint density at radius 3 is 2.50 bits per heavy atom. The van der Waals surface area contributed by atoms with E-state index in [-0.39, 0.29) is 11.1 Å². The standard InChI is InChI=1S/C18H13F3N4O5/c1-23(7-13(26)22-11-6-5-10(19)15(20)16(11)21)8-24-17(27)9-3-2-4-12(25(29)30)14(9)18(24)28/h2-6H,7-8H2,1H3,(H,22,26). The summed E-state index contributed by atoms with van der Waals surface area (Å²) in [6.45, 7) is -0.842. The maximum atomic E-state index is 13.6. The Hall–Kier alpha value is -3.80. The molecule has 0 aliphatic carbocycles. The fourth-order valence-electron chi connectivity index (χ4n) is 2.95. The number of hydrogen-bond acceptors (Lipinski definition) is 6. The number of hydrogen-bond donors (Lipinski definition) is 1. The molecule has 2 aromatic carbocycles. The molecule has 0 fully saturated rings. The molecular weight excluding hydrogens is 409 g/mol. The van der Waals surface area contributed by atoms with Crippen LogP contribution < -0.4 is 5.32 Å². The van der Waals surface area contributed by atoms with Crippen LogP contribution in [0, 0.1) is 27.6 Å². The third-order valence-corrected chi connectivity index (χ3v) is 4.28. The molecule has 0 atom stereocenters. The number of nitro benzene ring substituents is 1. The number of carbonyl (C=O) groups is 3. The Morgan fingerprint density at radius 1 is 1.13 bits per heavy atom. The number of nitro groups is 1. The summed E-state index contributed by atoms with van der Waals surface area (Å²) in [5.41, 5.74) is -1.56. The first kappa shape index (κ1) is 20.9. The van der Waals surface area contributed by atoms with Crippen molar-refractivity contribution in [1.29, 1.82) is 0 Å². The highest BCUT2D eigenvalue weighted by atomic mass is 19.2. The van der Waals surface area contributed by atoms with Crippen LogP contribution in [0.1, 0.15) is 20.7 Å². The van der Waals surface area contributed by atoms with E-state index in [4.69, 9.17) is 0 Å². The van der Waals surface area contributed by atoms with Gasteiger partial charge in [-0.3, -0.25) is 34.3 Å². The monoisotopic (exact) mass is 422 g/mol. The van der Waals surface area contributed by atoms with Crippen molar-refractivity contribution in [3.63, 3.8) is 0 Å². The van der Waals surface area contributed by atoms with Gasteiger partial charge in [-0.15, -0.1) is 0 Å². The molecule has 1 aliphatic rings. The van der Waals surface area contributed by atoms with E-state index >= 15 is 0 Å². The molecule has 0 radical (unpaired) electrons. The Morgan fingerprint density at radius 2 is 1.83 bits per heavy atom. The summed E-state index contributed by atoms with van der Waals surface area (Å²) in [5, 5.41) is 13.2. The Balaban J connectivity index is 1.69. The van der Waals surface area contributed by atoms with Gasteiger partial charge in [0.1, 0.15) is 5.56 Å². The highest BCUT2D eigenvalue weighted by Crippen LogP contribution is 2.30. The number of fused-ring (bicyclic) bond motifs is 1. The van der Waals surface area contributed by atoms with Crippen molar-refractivity contribution in [2.45, 2.75) is 0 Å². The van der Waals surface area contributed by atoms with Crippen LogP contribution >= 0.6 is 0 Å². The molecule has 0 unspecified atom stereocenters. The molecule has 1 aliphatic heterocycles. The van der Waals surface area contributed by atoms with Crippen molar-refractivity contribution in [3.05, 3.63) is 69.0 Å². The summed E-state index contributed by atoms with van der Waals surface area (Å²) in [6.07, 6.45) is 0. The van der Waals surface area contributed by atoms with E-state index in [1.807, 2.05) is 0 Å². The van der Waals surface area contributed by atoms with Crippen molar-refractivity contribution in [2.24, 2.45) is 0 Å². The van der Waals surface area contributed by atoms with E-state index in [9.17, 15) is 37.7 Å². The number of nitrogens with zero attached hydrogens (tertiary/aromatic N) is 3. The van der Waals surface area contributed by atoms with Gasteiger partial charge < -0.3 is 5.32 Å².